The summed E-state index contributed by atoms with van der Waals surface area (Å²) in [6.45, 7) is 0.877. The lowest BCUT2D eigenvalue weighted by Gasteiger charge is -2.24. The zero-order valence-electron chi connectivity index (χ0n) is 11.3. The lowest BCUT2D eigenvalue weighted by Crippen LogP contribution is -2.29. The van der Waals surface area contributed by atoms with Gasteiger partial charge in [-0.05, 0) is 42.4 Å². The second kappa shape index (κ2) is 7.50. The second-order valence-corrected chi connectivity index (χ2v) is 7.30. The maximum atomic E-state index is 12.0. The van der Waals surface area contributed by atoms with E-state index in [1.54, 1.807) is 23.5 Å². The summed E-state index contributed by atoms with van der Waals surface area (Å²) < 4.78 is 0. The molecule has 1 amide bonds. The molecule has 1 aliphatic rings. The molecule has 0 spiro atoms. The van der Waals surface area contributed by atoms with Crippen LogP contribution in [0.15, 0.2) is 29.2 Å². The molecule has 0 bridgehead atoms. The molecule has 0 aromatic heterocycles. The number of carbonyl (C=O) groups is 1. The van der Waals surface area contributed by atoms with Gasteiger partial charge < -0.3 is 4.90 Å². The van der Waals surface area contributed by atoms with Gasteiger partial charge in [0.15, 0.2) is 0 Å². The summed E-state index contributed by atoms with van der Waals surface area (Å²) in [5.74, 6) is 2.02. The highest BCUT2D eigenvalue weighted by Gasteiger charge is 2.32. The zero-order valence-corrected chi connectivity index (χ0v) is 13.7. The Hall–Kier alpha value is -0.260. The van der Waals surface area contributed by atoms with Crippen LogP contribution in [-0.2, 0) is 4.79 Å². The molecule has 1 aliphatic heterocycles. The van der Waals surface area contributed by atoms with E-state index in [4.69, 9.17) is 0 Å². The van der Waals surface area contributed by atoms with Crippen molar-refractivity contribution in [1.82, 2.24) is 4.90 Å². The van der Waals surface area contributed by atoms with E-state index >= 15 is 0 Å². The third-order valence-corrected chi connectivity index (χ3v) is 5.81. The van der Waals surface area contributed by atoms with Crippen LogP contribution in [0, 0.1) is 0 Å². The fraction of sp³-hybridized carbons (Fsp3) is 0.500. The quantitative estimate of drug-likeness (QED) is 0.589. The Morgan fingerprint density at radius 3 is 2.68 bits per heavy atom. The summed E-state index contributed by atoms with van der Waals surface area (Å²) in [5.41, 5.74) is 1.25. The van der Waals surface area contributed by atoms with E-state index in [0.29, 0.717) is 5.75 Å². The highest BCUT2D eigenvalue weighted by molar-refractivity contribution is 8.00. The summed E-state index contributed by atoms with van der Waals surface area (Å²) in [6.07, 6.45) is 5.27. The van der Waals surface area contributed by atoms with Crippen LogP contribution in [0.2, 0.25) is 0 Å². The Bertz CT molecular complexity index is 421. The van der Waals surface area contributed by atoms with Crippen molar-refractivity contribution < 1.29 is 4.79 Å². The molecular weight excluding hydrogens is 294 g/mol. The van der Waals surface area contributed by atoms with E-state index in [2.05, 4.69) is 36.8 Å². The normalized spacial score (nSPS) is 19.2. The number of carbonyl (C=O) groups excluding carboxylic acids is 1. The molecule has 1 heterocycles. The monoisotopic (exact) mass is 313 g/mol. The third-order valence-electron chi connectivity index (χ3n) is 3.12. The van der Waals surface area contributed by atoms with Crippen LogP contribution in [0.4, 0.5) is 0 Å². The van der Waals surface area contributed by atoms with Gasteiger partial charge in [0, 0.05) is 11.4 Å². The SMILES string of the molecule is CSCCCN1C(=O)CSC1c1ccc(SC)cc1. The van der Waals surface area contributed by atoms with Gasteiger partial charge >= 0.3 is 0 Å². The molecule has 2 nitrogen and oxygen atoms in total. The first kappa shape index (κ1) is 15.1. The first-order valence-electron chi connectivity index (χ1n) is 6.30. The summed E-state index contributed by atoms with van der Waals surface area (Å²) in [6, 6.07) is 8.60. The van der Waals surface area contributed by atoms with Gasteiger partial charge in [0.25, 0.3) is 0 Å². The van der Waals surface area contributed by atoms with Crippen LogP contribution in [0.1, 0.15) is 17.4 Å². The number of rotatable bonds is 6. The fourth-order valence-corrected chi connectivity index (χ4v) is 4.16. The van der Waals surface area contributed by atoms with Gasteiger partial charge in [-0.25, -0.2) is 0 Å². The lowest BCUT2D eigenvalue weighted by molar-refractivity contribution is -0.128. The molecule has 19 heavy (non-hydrogen) atoms. The summed E-state index contributed by atoms with van der Waals surface area (Å²) >= 11 is 5.33. The Kier molecular flexibility index (Phi) is 5.98. The van der Waals surface area contributed by atoms with E-state index in [-0.39, 0.29) is 11.3 Å². The molecule has 0 aliphatic carbocycles. The van der Waals surface area contributed by atoms with E-state index in [1.807, 2.05) is 16.7 Å². The van der Waals surface area contributed by atoms with Gasteiger partial charge in [0.2, 0.25) is 5.91 Å². The molecule has 1 saturated heterocycles. The Morgan fingerprint density at radius 1 is 1.32 bits per heavy atom. The van der Waals surface area contributed by atoms with Crippen LogP contribution in [0.3, 0.4) is 0 Å². The molecule has 0 N–H and O–H groups in total. The van der Waals surface area contributed by atoms with Crippen molar-refractivity contribution in [1.29, 1.82) is 0 Å². The van der Waals surface area contributed by atoms with Crippen molar-refractivity contribution in [2.24, 2.45) is 0 Å². The Morgan fingerprint density at radius 2 is 2.05 bits per heavy atom. The van der Waals surface area contributed by atoms with Crippen LogP contribution in [0.25, 0.3) is 0 Å². The average Bonchev–Trinajstić information content (AvgIpc) is 2.81. The maximum absolute atomic E-state index is 12.0. The topological polar surface area (TPSA) is 20.3 Å². The van der Waals surface area contributed by atoms with Gasteiger partial charge in [0.05, 0.1) is 5.75 Å². The minimum atomic E-state index is 0.213. The third kappa shape index (κ3) is 3.86. The lowest BCUT2D eigenvalue weighted by atomic mass is 10.2. The molecule has 104 valence electrons. The molecular formula is C14H19NOS3. The molecule has 1 fully saturated rings. The molecule has 1 aromatic rings. The Balaban J connectivity index is 2.05. The van der Waals surface area contributed by atoms with Crippen molar-refractivity contribution in [2.75, 3.05) is 30.6 Å². The maximum Gasteiger partial charge on any atom is 0.233 e. The minimum absolute atomic E-state index is 0.213. The van der Waals surface area contributed by atoms with Crippen molar-refractivity contribution in [3.8, 4) is 0 Å². The molecule has 5 heteroatoms. The van der Waals surface area contributed by atoms with E-state index in [9.17, 15) is 4.79 Å². The van der Waals surface area contributed by atoms with Crippen molar-refractivity contribution in [3.63, 3.8) is 0 Å². The van der Waals surface area contributed by atoms with Crippen molar-refractivity contribution in [2.45, 2.75) is 16.7 Å². The fourth-order valence-electron chi connectivity index (χ4n) is 2.12. The van der Waals surface area contributed by atoms with Crippen LogP contribution in [0.5, 0.6) is 0 Å². The highest BCUT2D eigenvalue weighted by Crippen LogP contribution is 2.39. The number of nitrogens with zero attached hydrogens (tertiary/aromatic N) is 1. The Labute approximate surface area is 128 Å². The van der Waals surface area contributed by atoms with E-state index in [1.165, 1.54) is 10.5 Å². The zero-order chi connectivity index (χ0) is 13.7. The molecule has 1 aromatic carbocycles. The predicted octanol–water partition coefficient (Wildman–Crippen LogP) is 3.74. The van der Waals surface area contributed by atoms with Gasteiger partial charge in [-0.15, -0.1) is 23.5 Å². The van der Waals surface area contributed by atoms with Crippen molar-refractivity contribution >= 4 is 41.2 Å². The number of thioether (sulfide) groups is 3. The molecule has 2 rings (SSSR count). The summed E-state index contributed by atoms with van der Waals surface area (Å²) in [7, 11) is 0. The first-order valence-corrected chi connectivity index (χ1v) is 9.97. The standard InChI is InChI=1S/C14H19NOS3/c1-17-9-3-8-15-13(16)10-19-14(15)11-4-6-12(18-2)7-5-11/h4-7,14H,3,8-10H2,1-2H3. The molecule has 1 atom stereocenters. The van der Waals surface area contributed by atoms with E-state index in [0.717, 1.165) is 18.7 Å². The number of hydrogen-bond donors (Lipinski definition) is 0. The first-order chi connectivity index (χ1) is 9.26. The molecule has 0 saturated carbocycles. The minimum Gasteiger partial charge on any atom is -0.326 e. The molecule has 0 radical (unpaired) electrons. The number of benzene rings is 1. The predicted molar refractivity (Wildman–Crippen MR) is 88.1 cm³/mol. The number of amides is 1. The highest BCUT2D eigenvalue weighted by atomic mass is 32.2. The largest absolute Gasteiger partial charge is 0.326 e. The van der Waals surface area contributed by atoms with Gasteiger partial charge in [-0.2, -0.15) is 11.8 Å². The average molecular weight is 314 g/mol. The van der Waals surface area contributed by atoms with Crippen molar-refractivity contribution in [3.05, 3.63) is 29.8 Å². The van der Waals surface area contributed by atoms with Crippen LogP contribution >= 0.6 is 35.3 Å². The van der Waals surface area contributed by atoms with Gasteiger partial charge in [-0.1, -0.05) is 12.1 Å². The van der Waals surface area contributed by atoms with Crippen LogP contribution in [-0.4, -0.2) is 41.4 Å². The van der Waals surface area contributed by atoms with Gasteiger partial charge in [0.1, 0.15) is 5.37 Å². The summed E-state index contributed by atoms with van der Waals surface area (Å²) in [4.78, 5) is 15.3. The summed E-state index contributed by atoms with van der Waals surface area (Å²) in [5, 5.41) is 0.213. The second-order valence-electron chi connectivity index (χ2n) is 4.37. The smallest absolute Gasteiger partial charge is 0.233 e. The van der Waals surface area contributed by atoms with Crippen LogP contribution < -0.4 is 0 Å². The number of hydrogen-bond acceptors (Lipinski definition) is 4. The van der Waals surface area contributed by atoms with Gasteiger partial charge in [-0.3, -0.25) is 4.79 Å². The van der Waals surface area contributed by atoms with E-state index < -0.39 is 0 Å². The molecule has 1 unspecified atom stereocenters.